The van der Waals surface area contributed by atoms with Crippen molar-refractivity contribution >= 4 is 5.91 Å². The van der Waals surface area contributed by atoms with Crippen LogP contribution in [0.15, 0.2) is 48.9 Å². The van der Waals surface area contributed by atoms with Gasteiger partial charge in [0.1, 0.15) is 11.4 Å². The van der Waals surface area contributed by atoms with Crippen LogP contribution in [-0.4, -0.2) is 53.2 Å². The molecule has 2 fully saturated rings. The van der Waals surface area contributed by atoms with Crippen LogP contribution in [0.4, 0.5) is 0 Å². The van der Waals surface area contributed by atoms with Crippen molar-refractivity contribution in [1.82, 2.24) is 14.9 Å². The summed E-state index contributed by atoms with van der Waals surface area (Å²) in [7, 11) is 0. The number of rotatable bonds is 4. The Kier molecular flexibility index (Phi) is 4.84. The fourth-order valence-electron chi connectivity index (χ4n) is 3.99. The Morgan fingerprint density at radius 2 is 2.27 bits per heavy atom. The average Bonchev–Trinajstić information content (AvgIpc) is 2.73. The highest BCUT2D eigenvalue weighted by molar-refractivity contribution is 5.92. The molecule has 0 aromatic carbocycles. The summed E-state index contributed by atoms with van der Waals surface area (Å²) in [6.45, 7) is 2.63. The molecule has 2 saturated heterocycles. The van der Waals surface area contributed by atoms with Gasteiger partial charge in [-0.2, -0.15) is 0 Å². The zero-order valence-electron chi connectivity index (χ0n) is 14.7. The first-order valence-electron chi connectivity index (χ1n) is 9.12. The van der Waals surface area contributed by atoms with Gasteiger partial charge in [0.25, 0.3) is 5.91 Å². The molecule has 0 saturated carbocycles. The topological polar surface area (TPSA) is 64.6 Å². The number of amides is 1. The summed E-state index contributed by atoms with van der Waals surface area (Å²) < 4.78 is 12.1. The zero-order chi connectivity index (χ0) is 17.8. The second-order valence-electron chi connectivity index (χ2n) is 7.03. The number of fused-ring (bicyclic) bond motifs is 1. The van der Waals surface area contributed by atoms with E-state index in [-0.39, 0.29) is 17.4 Å². The van der Waals surface area contributed by atoms with Crippen LogP contribution in [0, 0.1) is 5.41 Å². The molecule has 136 valence electrons. The van der Waals surface area contributed by atoms with Gasteiger partial charge in [-0.3, -0.25) is 14.8 Å². The van der Waals surface area contributed by atoms with E-state index in [2.05, 4.69) is 9.97 Å². The highest BCUT2D eigenvalue weighted by atomic mass is 16.5. The molecule has 2 aliphatic heterocycles. The highest BCUT2D eigenvalue weighted by Crippen LogP contribution is 2.41. The molecule has 0 unspecified atom stereocenters. The third-order valence-corrected chi connectivity index (χ3v) is 5.32. The fraction of sp³-hybridized carbons (Fsp3) is 0.450. The standard InChI is InChI=1S/C20H23N3O3/c24-19(17-6-1-2-10-22-17)23-11-7-18-20(14-23,8-4-12-25-18)15-26-16-5-3-9-21-13-16/h1-3,5-6,9-10,13,18H,4,7-8,11-12,14-15H2/t18-,20-/m1/s1. The van der Waals surface area contributed by atoms with Gasteiger partial charge in [0.15, 0.2) is 0 Å². The first-order valence-corrected chi connectivity index (χ1v) is 9.12. The lowest BCUT2D eigenvalue weighted by Crippen LogP contribution is -2.58. The van der Waals surface area contributed by atoms with E-state index < -0.39 is 0 Å². The number of piperidine rings is 1. The summed E-state index contributed by atoms with van der Waals surface area (Å²) >= 11 is 0. The maximum atomic E-state index is 12.9. The SMILES string of the molecule is O=C(c1ccccn1)N1CC[C@H]2OCCC[C@]2(COc2cccnc2)C1. The minimum atomic E-state index is -0.184. The van der Waals surface area contributed by atoms with Gasteiger partial charge >= 0.3 is 0 Å². The van der Waals surface area contributed by atoms with Crippen molar-refractivity contribution < 1.29 is 14.3 Å². The Bertz CT molecular complexity index is 740. The quantitative estimate of drug-likeness (QED) is 0.845. The minimum Gasteiger partial charge on any atom is -0.491 e. The Morgan fingerprint density at radius 3 is 3.08 bits per heavy atom. The second-order valence-corrected chi connectivity index (χ2v) is 7.03. The van der Waals surface area contributed by atoms with E-state index in [1.807, 2.05) is 29.2 Å². The lowest BCUT2D eigenvalue weighted by atomic mass is 9.73. The summed E-state index contributed by atoms with van der Waals surface area (Å²) in [5.74, 6) is 0.731. The van der Waals surface area contributed by atoms with Crippen molar-refractivity contribution in [3.05, 3.63) is 54.6 Å². The van der Waals surface area contributed by atoms with Crippen LogP contribution in [0.3, 0.4) is 0 Å². The van der Waals surface area contributed by atoms with Crippen molar-refractivity contribution in [1.29, 1.82) is 0 Å². The normalized spacial score (nSPS) is 25.4. The summed E-state index contributed by atoms with van der Waals surface area (Å²) in [6.07, 6.45) is 8.03. The van der Waals surface area contributed by atoms with Gasteiger partial charge in [-0.25, -0.2) is 0 Å². The highest BCUT2D eigenvalue weighted by Gasteiger charge is 2.47. The van der Waals surface area contributed by atoms with Crippen LogP contribution in [0.1, 0.15) is 29.8 Å². The predicted octanol–water partition coefficient (Wildman–Crippen LogP) is 2.57. The molecule has 0 radical (unpaired) electrons. The Hall–Kier alpha value is -2.47. The third-order valence-electron chi connectivity index (χ3n) is 5.32. The van der Waals surface area contributed by atoms with Crippen molar-refractivity contribution in [2.24, 2.45) is 5.41 Å². The number of hydrogen-bond donors (Lipinski definition) is 0. The van der Waals surface area contributed by atoms with Crippen LogP contribution in [-0.2, 0) is 4.74 Å². The molecule has 4 heterocycles. The van der Waals surface area contributed by atoms with Crippen molar-refractivity contribution in [3.8, 4) is 5.75 Å². The lowest BCUT2D eigenvalue weighted by Gasteiger charge is -2.50. The molecule has 6 heteroatoms. The van der Waals surface area contributed by atoms with Crippen LogP contribution in [0.25, 0.3) is 0 Å². The average molecular weight is 353 g/mol. The number of hydrogen-bond acceptors (Lipinski definition) is 5. The number of pyridine rings is 2. The lowest BCUT2D eigenvalue weighted by molar-refractivity contribution is -0.133. The molecule has 1 amide bonds. The molecule has 0 aliphatic carbocycles. The molecule has 2 aliphatic rings. The molecule has 2 atom stereocenters. The molecular weight excluding hydrogens is 330 g/mol. The Balaban J connectivity index is 1.52. The van der Waals surface area contributed by atoms with Gasteiger partial charge < -0.3 is 14.4 Å². The smallest absolute Gasteiger partial charge is 0.272 e. The van der Waals surface area contributed by atoms with Crippen LogP contribution < -0.4 is 4.74 Å². The summed E-state index contributed by atoms with van der Waals surface area (Å²) in [5, 5.41) is 0. The number of aromatic nitrogens is 2. The molecule has 0 bridgehead atoms. The van der Waals surface area contributed by atoms with Gasteiger partial charge in [0.05, 0.1) is 18.9 Å². The van der Waals surface area contributed by atoms with E-state index in [0.717, 1.165) is 31.6 Å². The number of carbonyl (C=O) groups excluding carboxylic acids is 1. The van der Waals surface area contributed by atoms with Gasteiger partial charge in [-0.05, 0) is 43.5 Å². The molecule has 6 nitrogen and oxygen atoms in total. The van der Waals surface area contributed by atoms with Crippen molar-refractivity contribution in [3.63, 3.8) is 0 Å². The number of likely N-dealkylation sites (tertiary alicyclic amines) is 1. The third kappa shape index (κ3) is 3.42. The van der Waals surface area contributed by atoms with Crippen molar-refractivity contribution in [2.45, 2.75) is 25.4 Å². The van der Waals surface area contributed by atoms with E-state index in [1.165, 1.54) is 0 Å². The van der Waals surface area contributed by atoms with E-state index in [4.69, 9.17) is 9.47 Å². The van der Waals surface area contributed by atoms with Crippen molar-refractivity contribution in [2.75, 3.05) is 26.3 Å². The maximum Gasteiger partial charge on any atom is 0.272 e. The number of carbonyl (C=O) groups is 1. The van der Waals surface area contributed by atoms with E-state index in [9.17, 15) is 4.79 Å². The van der Waals surface area contributed by atoms with Crippen LogP contribution in [0.5, 0.6) is 5.75 Å². The van der Waals surface area contributed by atoms with Crippen LogP contribution in [0.2, 0.25) is 0 Å². The monoisotopic (exact) mass is 353 g/mol. The second kappa shape index (κ2) is 7.41. The largest absolute Gasteiger partial charge is 0.491 e. The molecular formula is C20H23N3O3. The Labute approximate surface area is 153 Å². The maximum absolute atomic E-state index is 12.9. The number of ether oxygens (including phenoxy) is 2. The molecule has 2 aromatic heterocycles. The molecule has 2 aromatic rings. The van der Waals surface area contributed by atoms with E-state index in [0.29, 0.717) is 25.4 Å². The predicted molar refractivity (Wildman–Crippen MR) is 95.9 cm³/mol. The summed E-state index contributed by atoms with van der Waals surface area (Å²) in [4.78, 5) is 23.1. The first-order chi connectivity index (χ1) is 12.8. The summed E-state index contributed by atoms with van der Waals surface area (Å²) in [6, 6.07) is 9.20. The van der Waals surface area contributed by atoms with E-state index >= 15 is 0 Å². The van der Waals surface area contributed by atoms with Gasteiger partial charge in [-0.15, -0.1) is 0 Å². The molecule has 0 N–H and O–H groups in total. The molecule has 0 spiro atoms. The summed E-state index contributed by atoms with van der Waals surface area (Å²) in [5.41, 5.74) is 0.308. The minimum absolute atomic E-state index is 0.0182. The molecule has 4 rings (SSSR count). The fourth-order valence-corrected chi connectivity index (χ4v) is 3.99. The van der Waals surface area contributed by atoms with Gasteiger partial charge in [-0.1, -0.05) is 6.07 Å². The first kappa shape index (κ1) is 17.0. The van der Waals surface area contributed by atoms with Gasteiger partial charge in [0, 0.05) is 37.5 Å². The number of nitrogens with zero attached hydrogens (tertiary/aromatic N) is 3. The van der Waals surface area contributed by atoms with Gasteiger partial charge in [0.2, 0.25) is 0 Å². The van der Waals surface area contributed by atoms with Crippen LogP contribution >= 0.6 is 0 Å². The Morgan fingerprint density at radius 1 is 1.31 bits per heavy atom. The zero-order valence-corrected chi connectivity index (χ0v) is 14.7. The molecule has 26 heavy (non-hydrogen) atoms. The van der Waals surface area contributed by atoms with E-state index in [1.54, 1.807) is 24.7 Å².